The molecule has 0 saturated carbocycles. The zero-order valence-corrected chi connectivity index (χ0v) is 21.8. The molecule has 0 radical (unpaired) electrons. The number of carbonyl (C=O) groups is 3. The highest BCUT2D eigenvalue weighted by atomic mass is 16.5. The molecule has 1 amide bonds. The molecule has 10 heteroatoms. The van der Waals surface area contributed by atoms with Crippen molar-refractivity contribution in [2.24, 2.45) is 5.92 Å². The summed E-state index contributed by atoms with van der Waals surface area (Å²) in [7, 11) is 6.88. The summed E-state index contributed by atoms with van der Waals surface area (Å²) in [5.41, 5.74) is 2.32. The largest absolute Gasteiger partial charge is 0.496 e. The second-order valence-electron chi connectivity index (χ2n) is 8.67. The van der Waals surface area contributed by atoms with E-state index in [4.69, 9.17) is 34.0 Å². The third-order valence-electron chi connectivity index (χ3n) is 6.27. The number of hydrogen-bond acceptors (Lipinski definition) is 7. The Morgan fingerprint density at radius 1 is 0.892 bits per heavy atom. The standard InChI is InChI=1S/C25H34N2O4.C2H2O4/c1-26(14-11-19-9-10-23(30-3)24(17-19)31-4)25(28)20-12-15-27(16-13-20)18-21-7-5-6-8-22(21)29-2;3-1(4)2(5)6/h5-10,17,20H,11-16,18H2,1-4H3;(H,3,4)(H,5,6). The minimum absolute atomic E-state index is 0.101. The summed E-state index contributed by atoms with van der Waals surface area (Å²) < 4.78 is 16.1. The van der Waals surface area contributed by atoms with Crippen LogP contribution in [-0.4, -0.2) is 85.9 Å². The van der Waals surface area contributed by atoms with Crippen LogP contribution in [0.15, 0.2) is 42.5 Å². The predicted molar refractivity (Wildman–Crippen MR) is 137 cm³/mol. The summed E-state index contributed by atoms with van der Waals surface area (Å²) in [5, 5.41) is 14.8. The van der Waals surface area contributed by atoms with Gasteiger partial charge in [-0.1, -0.05) is 24.3 Å². The quantitative estimate of drug-likeness (QED) is 0.484. The maximum absolute atomic E-state index is 13.0. The Balaban J connectivity index is 0.000000717. The van der Waals surface area contributed by atoms with Crippen molar-refractivity contribution in [2.75, 3.05) is 48.0 Å². The Bertz CT molecular complexity index is 1040. The van der Waals surface area contributed by atoms with Gasteiger partial charge in [0.05, 0.1) is 21.3 Å². The number of likely N-dealkylation sites (N-methyl/N-ethyl adjacent to an activating group) is 1. The minimum atomic E-state index is -1.82. The number of carboxylic acid groups (broad SMARTS) is 2. The van der Waals surface area contributed by atoms with E-state index in [0.29, 0.717) is 6.54 Å². The van der Waals surface area contributed by atoms with Gasteiger partial charge < -0.3 is 29.3 Å². The number of carbonyl (C=O) groups excluding carboxylic acids is 1. The Labute approximate surface area is 217 Å². The molecule has 0 bridgehead atoms. The van der Waals surface area contributed by atoms with Crippen LogP contribution in [0.25, 0.3) is 0 Å². The van der Waals surface area contributed by atoms with Gasteiger partial charge in [0.1, 0.15) is 5.75 Å². The number of methoxy groups -OCH3 is 3. The average Bonchev–Trinajstić information content (AvgIpc) is 2.92. The lowest BCUT2D eigenvalue weighted by atomic mass is 9.95. The van der Waals surface area contributed by atoms with Crippen molar-refractivity contribution in [1.82, 2.24) is 9.80 Å². The molecule has 37 heavy (non-hydrogen) atoms. The van der Waals surface area contributed by atoms with Crippen LogP contribution < -0.4 is 14.2 Å². The first-order valence-electron chi connectivity index (χ1n) is 12.0. The summed E-state index contributed by atoms with van der Waals surface area (Å²) in [6.45, 7) is 3.41. The SMILES string of the molecule is COc1ccccc1CN1CCC(C(=O)N(C)CCc2ccc(OC)c(OC)c2)CC1.O=C(O)C(=O)O. The minimum Gasteiger partial charge on any atom is -0.496 e. The molecule has 0 aromatic heterocycles. The average molecular weight is 517 g/mol. The molecule has 0 spiro atoms. The molecule has 0 aliphatic carbocycles. The number of para-hydroxylation sites is 1. The number of amides is 1. The predicted octanol–water partition coefficient (Wildman–Crippen LogP) is 2.78. The van der Waals surface area contributed by atoms with E-state index in [9.17, 15) is 4.79 Å². The summed E-state index contributed by atoms with van der Waals surface area (Å²) in [4.78, 5) is 35.4. The van der Waals surface area contributed by atoms with E-state index in [2.05, 4.69) is 11.0 Å². The van der Waals surface area contributed by atoms with Gasteiger partial charge in [-0.3, -0.25) is 9.69 Å². The van der Waals surface area contributed by atoms with Crippen LogP contribution in [0.5, 0.6) is 17.2 Å². The fourth-order valence-electron chi connectivity index (χ4n) is 4.17. The van der Waals surface area contributed by atoms with Crippen molar-refractivity contribution < 1.29 is 38.8 Å². The number of aliphatic carboxylic acids is 2. The molecular weight excluding hydrogens is 480 g/mol. The van der Waals surface area contributed by atoms with Gasteiger partial charge in [0.15, 0.2) is 11.5 Å². The van der Waals surface area contributed by atoms with E-state index in [1.54, 1.807) is 21.3 Å². The van der Waals surface area contributed by atoms with Gasteiger partial charge in [-0.2, -0.15) is 0 Å². The van der Waals surface area contributed by atoms with Crippen LogP contribution in [0.4, 0.5) is 0 Å². The number of carboxylic acids is 2. The third-order valence-corrected chi connectivity index (χ3v) is 6.27. The fraction of sp³-hybridized carbons (Fsp3) is 0.444. The molecule has 3 rings (SSSR count). The third kappa shape index (κ3) is 8.98. The number of ether oxygens (including phenoxy) is 3. The van der Waals surface area contributed by atoms with Crippen LogP contribution in [0, 0.1) is 5.92 Å². The Hall–Kier alpha value is -3.79. The van der Waals surface area contributed by atoms with E-state index in [-0.39, 0.29) is 11.8 Å². The zero-order valence-electron chi connectivity index (χ0n) is 21.8. The van der Waals surface area contributed by atoms with Gasteiger partial charge in [0.2, 0.25) is 5.91 Å². The highest BCUT2D eigenvalue weighted by molar-refractivity contribution is 6.27. The Kier molecular flexibility index (Phi) is 11.7. The lowest BCUT2D eigenvalue weighted by Gasteiger charge is -2.33. The van der Waals surface area contributed by atoms with Gasteiger partial charge >= 0.3 is 11.9 Å². The van der Waals surface area contributed by atoms with E-state index < -0.39 is 11.9 Å². The van der Waals surface area contributed by atoms with Crippen LogP contribution in [0.3, 0.4) is 0 Å². The molecular formula is C27H36N2O8. The van der Waals surface area contributed by atoms with Crippen molar-refractivity contribution in [3.63, 3.8) is 0 Å². The lowest BCUT2D eigenvalue weighted by molar-refractivity contribution is -0.159. The normalized spacial score (nSPS) is 13.6. The summed E-state index contributed by atoms with van der Waals surface area (Å²) in [6, 6.07) is 14.1. The monoisotopic (exact) mass is 516 g/mol. The molecule has 2 aromatic rings. The fourth-order valence-corrected chi connectivity index (χ4v) is 4.17. The van der Waals surface area contributed by atoms with Crippen molar-refractivity contribution >= 4 is 17.8 Å². The Morgan fingerprint density at radius 3 is 2.05 bits per heavy atom. The second-order valence-corrected chi connectivity index (χ2v) is 8.67. The van der Waals surface area contributed by atoms with E-state index in [1.807, 2.05) is 48.3 Å². The summed E-state index contributed by atoms with van der Waals surface area (Å²) in [5.74, 6) is -0.936. The number of hydrogen-bond donors (Lipinski definition) is 2. The van der Waals surface area contributed by atoms with Gasteiger partial charge in [0, 0.05) is 31.6 Å². The molecule has 1 heterocycles. The van der Waals surface area contributed by atoms with E-state index in [0.717, 1.165) is 61.7 Å². The molecule has 2 aromatic carbocycles. The molecule has 0 unspecified atom stereocenters. The highest BCUT2D eigenvalue weighted by Gasteiger charge is 2.27. The number of nitrogens with zero attached hydrogens (tertiary/aromatic N) is 2. The maximum Gasteiger partial charge on any atom is 0.414 e. The van der Waals surface area contributed by atoms with Crippen molar-refractivity contribution in [2.45, 2.75) is 25.8 Å². The number of rotatable bonds is 9. The summed E-state index contributed by atoms with van der Waals surface area (Å²) in [6.07, 6.45) is 2.58. The van der Waals surface area contributed by atoms with Gasteiger partial charge in [-0.05, 0) is 56.1 Å². The van der Waals surface area contributed by atoms with Crippen molar-refractivity contribution in [3.8, 4) is 17.2 Å². The first kappa shape index (κ1) is 29.4. The summed E-state index contributed by atoms with van der Waals surface area (Å²) >= 11 is 0. The molecule has 1 aliphatic rings. The van der Waals surface area contributed by atoms with Crippen molar-refractivity contribution in [3.05, 3.63) is 53.6 Å². The number of likely N-dealkylation sites (tertiary alicyclic amines) is 1. The van der Waals surface area contributed by atoms with E-state index >= 15 is 0 Å². The second kappa shape index (κ2) is 14.7. The highest BCUT2D eigenvalue weighted by Crippen LogP contribution is 2.28. The maximum atomic E-state index is 13.0. The molecule has 10 nitrogen and oxygen atoms in total. The molecule has 2 N–H and O–H groups in total. The van der Waals surface area contributed by atoms with E-state index in [1.165, 1.54) is 5.56 Å². The molecule has 1 fully saturated rings. The van der Waals surface area contributed by atoms with Crippen LogP contribution >= 0.6 is 0 Å². The lowest BCUT2D eigenvalue weighted by Crippen LogP contribution is -2.41. The first-order valence-corrected chi connectivity index (χ1v) is 12.0. The van der Waals surface area contributed by atoms with Crippen molar-refractivity contribution in [1.29, 1.82) is 0 Å². The molecule has 1 saturated heterocycles. The first-order chi connectivity index (χ1) is 17.7. The molecule has 0 atom stereocenters. The van der Waals surface area contributed by atoms with Crippen LogP contribution in [-0.2, 0) is 27.3 Å². The van der Waals surface area contributed by atoms with Gasteiger partial charge in [-0.15, -0.1) is 0 Å². The number of benzene rings is 2. The van der Waals surface area contributed by atoms with Gasteiger partial charge in [-0.25, -0.2) is 9.59 Å². The molecule has 202 valence electrons. The molecule has 1 aliphatic heterocycles. The topological polar surface area (TPSA) is 126 Å². The Morgan fingerprint density at radius 2 is 1.49 bits per heavy atom. The van der Waals surface area contributed by atoms with Crippen LogP contribution in [0.1, 0.15) is 24.0 Å². The van der Waals surface area contributed by atoms with Gasteiger partial charge in [0.25, 0.3) is 0 Å². The number of piperidine rings is 1. The zero-order chi connectivity index (χ0) is 27.4. The van der Waals surface area contributed by atoms with Crippen LogP contribution in [0.2, 0.25) is 0 Å². The smallest absolute Gasteiger partial charge is 0.414 e.